The molecule has 0 saturated carbocycles. The average molecular weight is 342 g/mol. The molecule has 2 aromatic rings. The van der Waals surface area contributed by atoms with Gasteiger partial charge in [-0.25, -0.2) is 4.79 Å². The molecule has 0 N–H and O–H groups in total. The van der Waals surface area contributed by atoms with Gasteiger partial charge in [0.25, 0.3) is 0 Å². The van der Waals surface area contributed by atoms with E-state index in [0.717, 1.165) is 12.0 Å². The van der Waals surface area contributed by atoms with E-state index in [-0.39, 0.29) is 0 Å². The van der Waals surface area contributed by atoms with Crippen LogP contribution in [-0.2, 0) is 24.0 Å². The fourth-order valence-corrected chi connectivity index (χ4v) is 2.87. The first-order chi connectivity index (χ1) is 10.6. The molecule has 0 saturated heterocycles. The molecule has 22 heavy (non-hydrogen) atoms. The van der Waals surface area contributed by atoms with Gasteiger partial charge in [0.05, 0.1) is 12.8 Å². The molecule has 0 atom stereocenters. The molecule has 1 aromatic carbocycles. The summed E-state index contributed by atoms with van der Waals surface area (Å²) in [4.78, 5) is 12.0. The first kappa shape index (κ1) is 16.8. The minimum atomic E-state index is -0.426. The maximum Gasteiger partial charge on any atom is 0.343 e. The number of hydrogen-bond acceptors (Lipinski definition) is 4. The van der Waals surface area contributed by atoms with E-state index in [4.69, 9.17) is 32.5 Å². The summed E-state index contributed by atoms with van der Waals surface area (Å²) >= 11 is 12.3. The molecule has 2 rings (SSSR count). The van der Waals surface area contributed by atoms with E-state index < -0.39 is 5.97 Å². The molecule has 118 valence electrons. The van der Waals surface area contributed by atoms with Crippen molar-refractivity contribution in [3.05, 3.63) is 50.8 Å². The number of halogens is 2. The highest BCUT2D eigenvalue weighted by Gasteiger charge is 2.23. The van der Waals surface area contributed by atoms with E-state index in [0.29, 0.717) is 46.3 Å². The Kier molecular flexibility index (Phi) is 5.86. The zero-order valence-electron chi connectivity index (χ0n) is 12.5. The zero-order valence-corrected chi connectivity index (χ0v) is 14.0. The summed E-state index contributed by atoms with van der Waals surface area (Å²) in [7, 11) is 1.35. The van der Waals surface area contributed by atoms with Gasteiger partial charge in [-0.3, -0.25) is 0 Å². The number of aryl methyl sites for hydroxylation is 2. The predicted octanol–water partition coefficient (Wildman–Crippen LogP) is 4.51. The second-order valence-corrected chi connectivity index (χ2v) is 5.68. The third-order valence-corrected chi connectivity index (χ3v) is 4.08. The van der Waals surface area contributed by atoms with Crippen LogP contribution >= 0.6 is 23.2 Å². The van der Waals surface area contributed by atoms with Crippen molar-refractivity contribution in [3.63, 3.8) is 0 Å². The Labute approximate surface area is 139 Å². The molecule has 1 aromatic heterocycles. The molecule has 0 amide bonds. The molecule has 1 heterocycles. The number of ether oxygens (including phenoxy) is 1. The van der Waals surface area contributed by atoms with Gasteiger partial charge in [0.1, 0.15) is 5.56 Å². The number of rotatable bonds is 6. The van der Waals surface area contributed by atoms with Crippen LogP contribution in [0.4, 0.5) is 0 Å². The zero-order chi connectivity index (χ0) is 16.1. The van der Waals surface area contributed by atoms with Crippen LogP contribution in [0.5, 0.6) is 0 Å². The van der Waals surface area contributed by atoms with E-state index in [2.05, 4.69) is 5.16 Å². The second kappa shape index (κ2) is 7.65. The summed E-state index contributed by atoms with van der Waals surface area (Å²) in [5.41, 5.74) is 1.83. The number of esters is 1. The minimum absolute atomic E-state index is 0.424. The lowest BCUT2D eigenvalue weighted by atomic mass is 10.0. The molecular weight excluding hydrogens is 325 g/mol. The standard InChI is InChI=1S/C16H17Cl2NO3/c1-3-5-14-15(16(20)21-2)13(19-22-14)9-8-10-11(17)6-4-7-12(10)18/h4,6-7H,3,5,8-9H2,1-2H3. The van der Waals surface area contributed by atoms with Crippen molar-refractivity contribution in [2.45, 2.75) is 32.6 Å². The van der Waals surface area contributed by atoms with Gasteiger partial charge in [-0.2, -0.15) is 0 Å². The lowest BCUT2D eigenvalue weighted by Crippen LogP contribution is -2.08. The normalized spacial score (nSPS) is 10.7. The summed E-state index contributed by atoms with van der Waals surface area (Å²) in [5, 5.41) is 5.22. The van der Waals surface area contributed by atoms with Crippen molar-refractivity contribution >= 4 is 29.2 Å². The average Bonchev–Trinajstić information content (AvgIpc) is 2.89. The van der Waals surface area contributed by atoms with Crippen LogP contribution in [0.1, 0.15) is 40.7 Å². The first-order valence-corrected chi connectivity index (χ1v) is 7.82. The lowest BCUT2D eigenvalue weighted by Gasteiger charge is -2.06. The number of carbonyl (C=O) groups excluding carboxylic acids is 1. The third-order valence-electron chi connectivity index (χ3n) is 3.37. The van der Waals surface area contributed by atoms with Crippen LogP contribution in [0.15, 0.2) is 22.7 Å². The number of nitrogens with zero attached hydrogens (tertiary/aromatic N) is 1. The van der Waals surface area contributed by atoms with Crippen LogP contribution in [0.2, 0.25) is 10.0 Å². The molecule has 0 aliphatic carbocycles. The Morgan fingerprint density at radius 3 is 2.50 bits per heavy atom. The molecule has 0 aliphatic heterocycles. The molecule has 0 fully saturated rings. The van der Waals surface area contributed by atoms with E-state index in [1.54, 1.807) is 18.2 Å². The largest absolute Gasteiger partial charge is 0.465 e. The topological polar surface area (TPSA) is 52.3 Å². The van der Waals surface area contributed by atoms with Crippen molar-refractivity contribution in [2.75, 3.05) is 7.11 Å². The van der Waals surface area contributed by atoms with Crippen LogP contribution in [-0.4, -0.2) is 18.2 Å². The van der Waals surface area contributed by atoms with Crippen LogP contribution in [0, 0.1) is 0 Å². The van der Waals surface area contributed by atoms with Gasteiger partial charge in [-0.1, -0.05) is 41.3 Å². The van der Waals surface area contributed by atoms with E-state index in [1.807, 2.05) is 6.92 Å². The molecule has 0 aliphatic rings. The van der Waals surface area contributed by atoms with Crippen molar-refractivity contribution in [3.8, 4) is 0 Å². The molecular formula is C16H17Cl2NO3. The third kappa shape index (κ3) is 3.62. The van der Waals surface area contributed by atoms with Crippen molar-refractivity contribution < 1.29 is 14.1 Å². The minimum Gasteiger partial charge on any atom is -0.465 e. The van der Waals surface area contributed by atoms with Crippen LogP contribution in [0.3, 0.4) is 0 Å². The van der Waals surface area contributed by atoms with Gasteiger partial charge in [-0.05, 0) is 37.0 Å². The Morgan fingerprint density at radius 1 is 1.23 bits per heavy atom. The van der Waals surface area contributed by atoms with Crippen LogP contribution in [0.25, 0.3) is 0 Å². The molecule has 0 bridgehead atoms. The number of carbonyl (C=O) groups is 1. The summed E-state index contributed by atoms with van der Waals surface area (Å²) in [6.07, 6.45) is 2.57. The highest BCUT2D eigenvalue weighted by atomic mass is 35.5. The Bertz CT molecular complexity index is 647. The molecule has 4 nitrogen and oxygen atoms in total. The van der Waals surface area contributed by atoms with Gasteiger partial charge >= 0.3 is 5.97 Å². The second-order valence-electron chi connectivity index (χ2n) is 4.87. The Morgan fingerprint density at radius 2 is 1.91 bits per heavy atom. The molecule has 6 heteroatoms. The SMILES string of the molecule is CCCc1onc(CCc2c(Cl)cccc2Cl)c1C(=O)OC. The van der Waals surface area contributed by atoms with Gasteiger partial charge in [0.15, 0.2) is 5.76 Å². The van der Waals surface area contributed by atoms with Crippen molar-refractivity contribution in [2.24, 2.45) is 0 Å². The Hall–Kier alpha value is -1.52. The summed E-state index contributed by atoms with van der Waals surface area (Å²) in [5.74, 6) is 0.138. The van der Waals surface area contributed by atoms with Gasteiger partial charge in [0, 0.05) is 16.5 Å². The summed E-state index contributed by atoms with van der Waals surface area (Å²) < 4.78 is 10.1. The fourth-order valence-electron chi connectivity index (χ4n) is 2.28. The number of methoxy groups -OCH3 is 1. The highest BCUT2D eigenvalue weighted by molar-refractivity contribution is 6.35. The lowest BCUT2D eigenvalue weighted by molar-refractivity contribution is 0.0597. The van der Waals surface area contributed by atoms with Gasteiger partial charge < -0.3 is 9.26 Å². The predicted molar refractivity (Wildman–Crippen MR) is 85.7 cm³/mol. The summed E-state index contributed by atoms with van der Waals surface area (Å²) in [6, 6.07) is 5.37. The van der Waals surface area contributed by atoms with Gasteiger partial charge in [0.2, 0.25) is 0 Å². The summed E-state index contributed by atoms with van der Waals surface area (Å²) in [6.45, 7) is 2.01. The first-order valence-electron chi connectivity index (χ1n) is 7.07. The maximum absolute atomic E-state index is 12.0. The molecule has 0 spiro atoms. The van der Waals surface area contributed by atoms with Gasteiger partial charge in [-0.15, -0.1) is 0 Å². The van der Waals surface area contributed by atoms with Crippen molar-refractivity contribution in [1.29, 1.82) is 0 Å². The molecule has 0 radical (unpaired) electrons. The Balaban J connectivity index is 2.24. The highest BCUT2D eigenvalue weighted by Crippen LogP contribution is 2.27. The van der Waals surface area contributed by atoms with Crippen molar-refractivity contribution in [1.82, 2.24) is 5.16 Å². The fraction of sp³-hybridized carbons (Fsp3) is 0.375. The molecule has 0 unspecified atom stereocenters. The number of aromatic nitrogens is 1. The van der Waals surface area contributed by atoms with Crippen LogP contribution < -0.4 is 0 Å². The number of benzene rings is 1. The smallest absolute Gasteiger partial charge is 0.343 e. The maximum atomic E-state index is 12.0. The van der Waals surface area contributed by atoms with E-state index in [9.17, 15) is 4.79 Å². The number of hydrogen-bond donors (Lipinski definition) is 0. The monoisotopic (exact) mass is 341 g/mol. The van der Waals surface area contributed by atoms with E-state index >= 15 is 0 Å². The quantitative estimate of drug-likeness (QED) is 0.725. The van der Waals surface area contributed by atoms with E-state index in [1.165, 1.54) is 7.11 Å².